The molecule has 0 spiro atoms. The first-order chi connectivity index (χ1) is 7.76. The molecule has 0 saturated heterocycles. The molecule has 1 rings (SSSR count). The lowest BCUT2D eigenvalue weighted by Crippen LogP contribution is -2.13. The smallest absolute Gasteiger partial charge is 0.234 e. The normalized spacial score (nSPS) is 9.12. The van der Waals surface area contributed by atoms with Crippen molar-refractivity contribution >= 4 is 23.4 Å². The first kappa shape index (κ1) is 12.6. The van der Waals surface area contributed by atoms with Crippen molar-refractivity contribution in [3.05, 3.63) is 29.8 Å². The van der Waals surface area contributed by atoms with Crippen LogP contribution in [0.5, 0.6) is 0 Å². The van der Waals surface area contributed by atoms with Gasteiger partial charge in [-0.1, -0.05) is 17.9 Å². The molecular formula is C12H13NO2S. The monoisotopic (exact) mass is 235 g/mol. The Labute approximate surface area is 99.2 Å². The maximum Gasteiger partial charge on any atom is 0.234 e. The molecule has 0 unspecified atom stereocenters. The van der Waals surface area contributed by atoms with Gasteiger partial charge in [0.2, 0.25) is 5.91 Å². The number of carbonyl (C=O) groups excluding carboxylic acids is 1. The summed E-state index contributed by atoms with van der Waals surface area (Å²) in [6.07, 6.45) is 1.88. The number of thioether (sulfide) groups is 1. The number of anilines is 1. The highest BCUT2D eigenvalue weighted by Crippen LogP contribution is 2.10. The Bertz CT molecular complexity index is 421. The first-order valence-corrected chi connectivity index (χ1v) is 6.14. The van der Waals surface area contributed by atoms with Crippen LogP contribution in [0.15, 0.2) is 24.3 Å². The van der Waals surface area contributed by atoms with Gasteiger partial charge in [0, 0.05) is 11.3 Å². The lowest BCUT2D eigenvalue weighted by molar-refractivity contribution is -0.113. The van der Waals surface area contributed by atoms with Crippen LogP contribution in [0.3, 0.4) is 0 Å². The molecule has 0 radical (unpaired) electrons. The van der Waals surface area contributed by atoms with Gasteiger partial charge in [0.1, 0.15) is 6.61 Å². The lowest BCUT2D eigenvalue weighted by atomic mass is 10.2. The van der Waals surface area contributed by atoms with Gasteiger partial charge in [0.05, 0.1) is 5.75 Å². The number of amides is 1. The molecule has 2 N–H and O–H groups in total. The van der Waals surface area contributed by atoms with Gasteiger partial charge >= 0.3 is 0 Å². The van der Waals surface area contributed by atoms with E-state index in [0.29, 0.717) is 5.75 Å². The minimum atomic E-state index is -0.164. The highest BCUT2D eigenvalue weighted by atomic mass is 32.2. The van der Waals surface area contributed by atoms with E-state index in [1.807, 2.05) is 24.5 Å². The zero-order valence-corrected chi connectivity index (χ0v) is 9.80. The van der Waals surface area contributed by atoms with E-state index in [0.717, 1.165) is 11.3 Å². The van der Waals surface area contributed by atoms with Crippen molar-refractivity contribution in [3.8, 4) is 11.8 Å². The molecule has 0 atom stereocenters. The summed E-state index contributed by atoms with van der Waals surface area (Å²) in [5.74, 6) is 5.75. The van der Waals surface area contributed by atoms with Crippen molar-refractivity contribution in [2.75, 3.05) is 23.9 Å². The molecule has 0 bridgehead atoms. The SMILES string of the molecule is CSCC(=O)Nc1cccc(C#CCO)c1. The molecule has 0 aliphatic carbocycles. The lowest BCUT2D eigenvalue weighted by Gasteiger charge is -2.03. The molecule has 1 amide bonds. The minimum absolute atomic E-state index is 0.0280. The second-order valence-corrected chi connectivity index (χ2v) is 3.89. The molecular weight excluding hydrogens is 222 g/mol. The molecule has 0 saturated carbocycles. The Morgan fingerprint density at radius 1 is 1.56 bits per heavy atom. The van der Waals surface area contributed by atoms with Crippen LogP contribution in [0.2, 0.25) is 0 Å². The molecule has 0 heterocycles. The zero-order chi connectivity index (χ0) is 11.8. The number of benzene rings is 1. The summed E-state index contributed by atoms with van der Waals surface area (Å²) >= 11 is 1.47. The average molecular weight is 235 g/mol. The van der Waals surface area contributed by atoms with E-state index in [4.69, 9.17) is 5.11 Å². The van der Waals surface area contributed by atoms with Gasteiger partial charge in [-0.15, -0.1) is 0 Å². The second kappa shape index (κ2) is 6.94. The predicted molar refractivity (Wildman–Crippen MR) is 67.4 cm³/mol. The van der Waals surface area contributed by atoms with Gasteiger partial charge in [0.25, 0.3) is 0 Å². The number of rotatable bonds is 3. The number of carbonyl (C=O) groups is 1. The van der Waals surface area contributed by atoms with Crippen LogP contribution < -0.4 is 5.32 Å². The fourth-order valence-corrected chi connectivity index (χ4v) is 1.48. The summed E-state index contributed by atoms with van der Waals surface area (Å²) in [5, 5.41) is 11.3. The van der Waals surface area contributed by atoms with Crippen LogP contribution in [0.1, 0.15) is 5.56 Å². The third kappa shape index (κ3) is 4.39. The van der Waals surface area contributed by atoms with Crippen molar-refractivity contribution in [2.24, 2.45) is 0 Å². The molecule has 0 aromatic heterocycles. The van der Waals surface area contributed by atoms with Crippen LogP contribution in [0, 0.1) is 11.8 Å². The Morgan fingerprint density at radius 2 is 2.38 bits per heavy atom. The largest absolute Gasteiger partial charge is 0.384 e. The average Bonchev–Trinajstić information content (AvgIpc) is 2.27. The molecule has 0 aliphatic heterocycles. The van der Waals surface area contributed by atoms with Crippen LogP contribution in [0.25, 0.3) is 0 Å². The van der Waals surface area contributed by atoms with Gasteiger partial charge in [-0.25, -0.2) is 0 Å². The number of hydrogen-bond acceptors (Lipinski definition) is 3. The topological polar surface area (TPSA) is 49.3 Å². The van der Waals surface area contributed by atoms with Gasteiger partial charge < -0.3 is 10.4 Å². The summed E-state index contributed by atoms with van der Waals surface area (Å²) in [6.45, 7) is -0.164. The predicted octanol–water partition coefficient (Wildman–Crippen LogP) is 1.33. The Balaban J connectivity index is 2.71. The summed E-state index contributed by atoms with van der Waals surface area (Å²) in [5.41, 5.74) is 1.50. The van der Waals surface area contributed by atoms with Crippen molar-refractivity contribution in [3.63, 3.8) is 0 Å². The van der Waals surface area contributed by atoms with E-state index in [2.05, 4.69) is 17.2 Å². The third-order valence-corrected chi connectivity index (χ3v) is 2.28. The fourth-order valence-electron chi connectivity index (χ4n) is 1.14. The van der Waals surface area contributed by atoms with Crippen molar-refractivity contribution in [2.45, 2.75) is 0 Å². The zero-order valence-electron chi connectivity index (χ0n) is 8.99. The summed E-state index contributed by atoms with van der Waals surface area (Å²) in [6, 6.07) is 7.23. The van der Waals surface area contributed by atoms with Gasteiger partial charge in [-0.3, -0.25) is 4.79 Å². The summed E-state index contributed by atoms with van der Waals surface area (Å²) < 4.78 is 0. The van der Waals surface area contributed by atoms with E-state index < -0.39 is 0 Å². The molecule has 0 fully saturated rings. The van der Waals surface area contributed by atoms with Crippen LogP contribution >= 0.6 is 11.8 Å². The molecule has 4 heteroatoms. The summed E-state index contributed by atoms with van der Waals surface area (Å²) in [7, 11) is 0. The minimum Gasteiger partial charge on any atom is -0.384 e. The van der Waals surface area contributed by atoms with E-state index >= 15 is 0 Å². The quantitative estimate of drug-likeness (QED) is 0.777. The van der Waals surface area contributed by atoms with E-state index in [-0.39, 0.29) is 12.5 Å². The number of hydrogen-bond donors (Lipinski definition) is 2. The molecule has 3 nitrogen and oxygen atoms in total. The van der Waals surface area contributed by atoms with E-state index in [9.17, 15) is 4.79 Å². The number of aliphatic hydroxyl groups is 1. The molecule has 0 aliphatic rings. The first-order valence-electron chi connectivity index (χ1n) is 4.75. The number of nitrogens with one attached hydrogen (secondary N) is 1. The molecule has 84 valence electrons. The van der Waals surface area contributed by atoms with Gasteiger partial charge in [-0.05, 0) is 24.5 Å². The van der Waals surface area contributed by atoms with Crippen molar-refractivity contribution in [1.82, 2.24) is 0 Å². The molecule has 1 aromatic rings. The maximum absolute atomic E-state index is 11.3. The highest BCUT2D eigenvalue weighted by Gasteiger charge is 2.00. The Morgan fingerprint density at radius 3 is 3.06 bits per heavy atom. The molecule has 16 heavy (non-hydrogen) atoms. The van der Waals surface area contributed by atoms with E-state index in [1.54, 1.807) is 6.07 Å². The third-order valence-electron chi connectivity index (χ3n) is 1.73. The second-order valence-electron chi connectivity index (χ2n) is 3.02. The van der Waals surface area contributed by atoms with Crippen molar-refractivity contribution < 1.29 is 9.90 Å². The van der Waals surface area contributed by atoms with E-state index in [1.165, 1.54) is 11.8 Å². The fraction of sp³-hybridized carbons (Fsp3) is 0.250. The Hall–Kier alpha value is -1.44. The highest BCUT2D eigenvalue weighted by molar-refractivity contribution is 7.99. The van der Waals surface area contributed by atoms with Crippen LogP contribution in [-0.2, 0) is 4.79 Å². The maximum atomic E-state index is 11.3. The number of aliphatic hydroxyl groups excluding tert-OH is 1. The van der Waals surface area contributed by atoms with Gasteiger partial charge in [-0.2, -0.15) is 11.8 Å². The van der Waals surface area contributed by atoms with Gasteiger partial charge in [0.15, 0.2) is 0 Å². The standard InChI is InChI=1S/C12H13NO2S/c1-16-9-12(15)13-11-6-2-4-10(8-11)5-3-7-14/h2,4,6,8,14H,7,9H2,1H3,(H,13,15). The summed E-state index contributed by atoms with van der Waals surface area (Å²) in [4.78, 5) is 11.3. The molecule has 1 aromatic carbocycles. The van der Waals surface area contributed by atoms with Crippen molar-refractivity contribution in [1.29, 1.82) is 0 Å². The Kier molecular flexibility index (Phi) is 5.48. The van der Waals surface area contributed by atoms with Crippen LogP contribution in [-0.4, -0.2) is 29.6 Å². The van der Waals surface area contributed by atoms with Crippen LogP contribution in [0.4, 0.5) is 5.69 Å².